The third-order valence-corrected chi connectivity index (χ3v) is 7.11. The first-order valence-corrected chi connectivity index (χ1v) is 13.7. The lowest BCUT2D eigenvalue weighted by Crippen LogP contribution is -2.57. The Morgan fingerprint density at radius 3 is 2.54 bits per heavy atom. The molecule has 4 atom stereocenters. The zero-order valence-electron chi connectivity index (χ0n) is 22.5. The zero-order chi connectivity index (χ0) is 27.8. The van der Waals surface area contributed by atoms with Crippen LogP contribution in [-0.4, -0.2) is 59.8 Å². The monoisotopic (exact) mass is 538 g/mol. The van der Waals surface area contributed by atoms with Crippen molar-refractivity contribution < 1.29 is 23.6 Å². The van der Waals surface area contributed by atoms with Crippen molar-refractivity contribution in [1.82, 2.24) is 31.6 Å². The van der Waals surface area contributed by atoms with Gasteiger partial charge < -0.3 is 31.0 Å². The number of fused-ring (bicyclic) bond motifs is 2. The van der Waals surface area contributed by atoms with Gasteiger partial charge in [-0.05, 0) is 50.1 Å². The summed E-state index contributed by atoms with van der Waals surface area (Å²) in [4.78, 5) is 56.8. The summed E-state index contributed by atoms with van der Waals surface area (Å²) in [5, 5.41) is 14.7. The molecule has 11 nitrogen and oxygen atoms in total. The van der Waals surface area contributed by atoms with Crippen LogP contribution < -0.4 is 26.6 Å². The van der Waals surface area contributed by atoms with E-state index in [4.69, 9.17) is 4.42 Å². The molecule has 0 aliphatic carbocycles. The van der Waals surface area contributed by atoms with Gasteiger partial charge in [0.2, 0.25) is 23.6 Å². The van der Waals surface area contributed by atoms with Crippen molar-refractivity contribution in [2.24, 2.45) is 5.92 Å². The van der Waals surface area contributed by atoms with Crippen molar-refractivity contribution in [2.45, 2.75) is 76.5 Å². The molecule has 11 heteroatoms. The quantitative estimate of drug-likeness (QED) is 0.385. The molecule has 2 aliphatic rings. The summed E-state index contributed by atoms with van der Waals surface area (Å²) in [6.07, 6.45) is 4.84. The van der Waals surface area contributed by atoms with Crippen molar-refractivity contribution in [3.8, 4) is 0 Å². The third-order valence-electron chi connectivity index (χ3n) is 7.11. The summed E-state index contributed by atoms with van der Waals surface area (Å²) < 4.78 is 5.64. The maximum atomic E-state index is 13.5. The van der Waals surface area contributed by atoms with E-state index in [0.29, 0.717) is 38.6 Å². The zero-order valence-corrected chi connectivity index (χ0v) is 22.5. The Morgan fingerprint density at radius 1 is 1.03 bits per heavy atom. The highest BCUT2D eigenvalue weighted by Crippen LogP contribution is 2.20. The van der Waals surface area contributed by atoms with E-state index in [1.807, 2.05) is 44.2 Å². The molecule has 3 heterocycles. The fraction of sp³-hybridized carbons (Fsp3) is 0.536. The number of nitrogens with one attached hydrogen (secondary N) is 5. The van der Waals surface area contributed by atoms with E-state index in [2.05, 4.69) is 31.6 Å². The number of oxazole rings is 1. The molecule has 210 valence electrons. The molecule has 1 fully saturated rings. The number of carbonyl (C=O) groups excluding carboxylic acids is 4. The van der Waals surface area contributed by atoms with Gasteiger partial charge in [-0.2, -0.15) is 0 Å². The summed E-state index contributed by atoms with van der Waals surface area (Å²) in [6, 6.07) is 6.89. The van der Waals surface area contributed by atoms with E-state index in [9.17, 15) is 19.2 Å². The van der Waals surface area contributed by atoms with Crippen LogP contribution in [0.4, 0.5) is 0 Å². The molecular formula is C28H38N6O5. The maximum absolute atomic E-state index is 13.5. The second-order valence-corrected chi connectivity index (χ2v) is 10.5. The first-order chi connectivity index (χ1) is 18.8. The second-order valence-electron chi connectivity index (χ2n) is 10.5. The Hall–Kier alpha value is -3.73. The molecule has 0 radical (unpaired) electrons. The lowest BCUT2D eigenvalue weighted by Gasteiger charge is -2.27. The predicted molar refractivity (Wildman–Crippen MR) is 143 cm³/mol. The molecule has 2 aliphatic heterocycles. The highest BCUT2D eigenvalue weighted by Gasteiger charge is 2.33. The van der Waals surface area contributed by atoms with Crippen LogP contribution in [0, 0.1) is 5.92 Å². The van der Waals surface area contributed by atoms with E-state index in [1.54, 1.807) is 0 Å². The molecule has 39 heavy (non-hydrogen) atoms. The first-order valence-electron chi connectivity index (χ1n) is 13.7. The minimum absolute atomic E-state index is 0.132. The molecule has 0 unspecified atom stereocenters. The van der Waals surface area contributed by atoms with Crippen molar-refractivity contribution in [1.29, 1.82) is 0 Å². The molecular weight excluding hydrogens is 500 g/mol. The van der Waals surface area contributed by atoms with Crippen LogP contribution in [0.3, 0.4) is 0 Å². The molecule has 1 saturated heterocycles. The highest BCUT2D eigenvalue weighted by molar-refractivity contribution is 5.93. The Morgan fingerprint density at radius 2 is 1.82 bits per heavy atom. The number of rotatable bonds is 5. The average molecular weight is 539 g/mol. The van der Waals surface area contributed by atoms with Gasteiger partial charge in [-0.3, -0.25) is 19.2 Å². The van der Waals surface area contributed by atoms with Crippen LogP contribution in [0.25, 0.3) is 0 Å². The number of nitrogens with zero attached hydrogens (tertiary/aromatic N) is 1. The van der Waals surface area contributed by atoms with Gasteiger partial charge in [0.25, 0.3) is 5.91 Å². The SMILES string of the molecule is CC(C)[C@@H]1NC(=O)[C@@H](NC(=O)[C@H]2CCCN2)CCCCNC(=O)c2coc(n2)[C@@H](Cc2ccccc2)NC1=O. The van der Waals surface area contributed by atoms with Gasteiger partial charge in [0.15, 0.2) is 5.69 Å². The molecule has 4 rings (SSSR count). The lowest BCUT2D eigenvalue weighted by molar-refractivity contribution is -0.133. The van der Waals surface area contributed by atoms with E-state index >= 15 is 0 Å². The number of amides is 4. The summed E-state index contributed by atoms with van der Waals surface area (Å²) in [6.45, 7) is 4.84. The maximum Gasteiger partial charge on any atom is 0.273 e. The summed E-state index contributed by atoms with van der Waals surface area (Å²) in [5.74, 6) is -1.45. The van der Waals surface area contributed by atoms with Crippen molar-refractivity contribution in [3.05, 3.63) is 53.7 Å². The number of hydrogen-bond acceptors (Lipinski definition) is 7. The molecule has 5 N–H and O–H groups in total. The van der Waals surface area contributed by atoms with E-state index in [0.717, 1.165) is 18.5 Å². The van der Waals surface area contributed by atoms with Crippen LogP contribution in [-0.2, 0) is 20.8 Å². The minimum atomic E-state index is -0.856. The topological polar surface area (TPSA) is 154 Å². The van der Waals surface area contributed by atoms with E-state index < -0.39 is 29.9 Å². The number of hydrogen-bond donors (Lipinski definition) is 5. The lowest BCUT2D eigenvalue weighted by atomic mass is 10.00. The molecule has 2 bridgehead atoms. The fourth-order valence-corrected chi connectivity index (χ4v) is 4.87. The van der Waals surface area contributed by atoms with E-state index in [1.165, 1.54) is 6.26 Å². The van der Waals surface area contributed by atoms with Crippen LogP contribution in [0.15, 0.2) is 41.0 Å². The van der Waals surface area contributed by atoms with Crippen LogP contribution in [0.1, 0.15) is 73.9 Å². The number of benzene rings is 1. The summed E-state index contributed by atoms with van der Waals surface area (Å²) in [5.41, 5.74) is 1.07. The Labute approximate surface area is 228 Å². The molecule has 1 aromatic heterocycles. The number of aromatic nitrogens is 1. The largest absolute Gasteiger partial charge is 0.446 e. The van der Waals surface area contributed by atoms with Gasteiger partial charge in [0, 0.05) is 13.0 Å². The molecule has 0 saturated carbocycles. The van der Waals surface area contributed by atoms with Gasteiger partial charge >= 0.3 is 0 Å². The highest BCUT2D eigenvalue weighted by atomic mass is 16.3. The van der Waals surface area contributed by atoms with Crippen molar-refractivity contribution >= 4 is 23.6 Å². The Kier molecular flexibility index (Phi) is 9.69. The Bertz CT molecular complexity index is 1140. The van der Waals surface area contributed by atoms with Gasteiger partial charge in [-0.15, -0.1) is 0 Å². The van der Waals surface area contributed by atoms with E-state index in [-0.39, 0.29) is 35.4 Å². The fourth-order valence-electron chi connectivity index (χ4n) is 4.87. The van der Waals surface area contributed by atoms with Crippen LogP contribution in [0.5, 0.6) is 0 Å². The van der Waals surface area contributed by atoms with Gasteiger partial charge in [0.05, 0.1) is 6.04 Å². The van der Waals surface area contributed by atoms with Crippen molar-refractivity contribution in [3.63, 3.8) is 0 Å². The van der Waals surface area contributed by atoms with Crippen molar-refractivity contribution in [2.75, 3.05) is 13.1 Å². The molecule has 4 amide bonds. The summed E-state index contributed by atoms with van der Waals surface area (Å²) in [7, 11) is 0. The normalized spacial score (nSPS) is 25.1. The first kappa shape index (κ1) is 28.3. The summed E-state index contributed by atoms with van der Waals surface area (Å²) >= 11 is 0. The second kappa shape index (κ2) is 13.4. The third kappa shape index (κ3) is 7.66. The predicted octanol–water partition coefficient (Wildman–Crippen LogP) is 1.37. The average Bonchev–Trinajstić information content (AvgIpc) is 3.63. The van der Waals surface area contributed by atoms with Gasteiger partial charge in [-0.25, -0.2) is 4.98 Å². The smallest absolute Gasteiger partial charge is 0.273 e. The Balaban J connectivity index is 1.58. The van der Waals surface area contributed by atoms with Gasteiger partial charge in [-0.1, -0.05) is 44.2 Å². The molecule has 2 aromatic rings. The standard InChI is InChI=1S/C28H38N6O5/c1-17(2)23-27(38)32-21(15-18-9-4-3-5-10-18)28-33-22(16-39-28)24(35)30-13-7-6-11-20(26(37)34-23)31-25(36)19-12-8-14-29-19/h3-5,9-10,16-17,19-21,23,29H,6-8,11-15H2,1-2H3,(H,30,35)(H,31,36)(H,32,38)(H,34,37)/t19-,20+,21-,23+/m1/s1. The minimum Gasteiger partial charge on any atom is -0.446 e. The molecule has 1 aromatic carbocycles. The molecule has 0 spiro atoms. The van der Waals surface area contributed by atoms with Crippen LogP contribution >= 0.6 is 0 Å². The number of carbonyl (C=O) groups is 4. The van der Waals surface area contributed by atoms with Gasteiger partial charge in [0.1, 0.15) is 24.4 Å². The van der Waals surface area contributed by atoms with Crippen LogP contribution in [0.2, 0.25) is 0 Å².